The highest BCUT2D eigenvalue weighted by atomic mass is 16.5. The minimum atomic E-state index is 0.213. The smallest absolute Gasteiger partial charge is 0.227 e. The normalized spacial score (nSPS) is 32.0. The molecule has 0 aromatic carbocycles. The molecule has 0 spiro atoms. The van der Waals surface area contributed by atoms with Crippen LogP contribution in [0.1, 0.15) is 26.2 Å². The van der Waals surface area contributed by atoms with E-state index in [1.54, 1.807) is 0 Å². The van der Waals surface area contributed by atoms with Gasteiger partial charge in [0, 0.05) is 32.3 Å². The molecular formula is C12H22N2O2. The summed E-state index contributed by atoms with van der Waals surface area (Å²) in [5, 5.41) is 3.50. The molecule has 0 aromatic rings. The first kappa shape index (κ1) is 11.9. The van der Waals surface area contributed by atoms with E-state index in [0.29, 0.717) is 31.1 Å². The summed E-state index contributed by atoms with van der Waals surface area (Å²) in [4.78, 5) is 14.0. The van der Waals surface area contributed by atoms with Crippen molar-refractivity contribution in [2.24, 2.45) is 5.92 Å². The molecule has 0 aromatic heterocycles. The van der Waals surface area contributed by atoms with Crippen molar-refractivity contribution in [2.75, 3.05) is 26.8 Å². The van der Waals surface area contributed by atoms with Crippen molar-refractivity contribution in [1.82, 2.24) is 10.2 Å². The first-order valence-electron chi connectivity index (χ1n) is 6.31. The number of carbonyl (C=O) groups excluding carboxylic acids is 1. The van der Waals surface area contributed by atoms with Gasteiger partial charge in [0.05, 0.1) is 12.5 Å². The Kier molecular flexibility index (Phi) is 3.82. The Morgan fingerprint density at radius 2 is 2.31 bits per heavy atom. The van der Waals surface area contributed by atoms with Crippen LogP contribution >= 0.6 is 0 Å². The molecule has 1 amide bonds. The van der Waals surface area contributed by atoms with Crippen LogP contribution in [0, 0.1) is 5.92 Å². The van der Waals surface area contributed by atoms with Gasteiger partial charge in [0.2, 0.25) is 5.91 Å². The van der Waals surface area contributed by atoms with Crippen molar-refractivity contribution in [3.05, 3.63) is 0 Å². The molecule has 1 N–H and O–H groups in total. The number of carbonyl (C=O) groups is 1. The second-order valence-electron chi connectivity index (χ2n) is 4.85. The predicted octanol–water partition coefficient (Wildman–Crippen LogP) is 0.622. The fraction of sp³-hybridized carbons (Fsp3) is 0.917. The van der Waals surface area contributed by atoms with Crippen LogP contribution in [0.3, 0.4) is 0 Å². The van der Waals surface area contributed by atoms with Crippen molar-refractivity contribution in [1.29, 1.82) is 0 Å². The summed E-state index contributed by atoms with van der Waals surface area (Å²) in [5.74, 6) is 0.504. The number of nitrogens with zero attached hydrogens (tertiary/aromatic N) is 1. The van der Waals surface area contributed by atoms with E-state index in [4.69, 9.17) is 4.74 Å². The molecule has 3 unspecified atom stereocenters. The molecule has 0 saturated carbocycles. The standard InChI is InChI=1S/C12H22N2O2/c1-3-16-7-6-14(2)12(15)10-8-9-4-5-11(10)13-9/h9-11,13H,3-8H2,1-2H3. The molecule has 2 bridgehead atoms. The monoisotopic (exact) mass is 226 g/mol. The molecule has 3 atom stereocenters. The first-order valence-corrected chi connectivity index (χ1v) is 6.31. The molecule has 16 heavy (non-hydrogen) atoms. The van der Waals surface area contributed by atoms with Gasteiger partial charge in [-0.1, -0.05) is 0 Å². The minimum absolute atomic E-state index is 0.213. The Morgan fingerprint density at radius 3 is 2.88 bits per heavy atom. The van der Waals surface area contributed by atoms with Crippen LogP contribution in [0.15, 0.2) is 0 Å². The fourth-order valence-corrected chi connectivity index (χ4v) is 2.84. The molecule has 2 aliphatic heterocycles. The molecular weight excluding hydrogens is 204 g/mol. The van der Waals surface area contributed by atoms with Crippen LogP contribution in [0.25, 0.3) is 0 Å². The topological polar surface area (TPSA) is 41.6 Å². The van der Waals surface area contributed by atoms with Crippen LogP contribution in [-0.4, -0.2) is 49.7 Å². The molecule has 0 radical (unpaired) electrons. The third kappa shape index (κ3) is 2.38. The number of nitrogens with one attached hydrogen (secondary N) is 1. The Balaban J connectivity index is 1.78. The molecule has 4 nitrogen and oxygen atoms in total. The number of hydrogen-bond donors (Lipinski definition) is 1. The Labute approximate surface area is 97.3 Å². The van der Waals surface area contributed by atoms with Gasteiger partial charge >= 0.3 is 0 Å². The molecule has 4 heteroatoms. The third-order valence-electron chi connectivity index (χ3n) is 3.77. The largest absolute Gasteiger partial charge is 0.380 e. The molecule has 2 aliphatic rings. The van der Waals surface area contributed by atoms with Crippen molar-refractivity contribution in [3.63, 3.8) is 0 Å². The highest BCUT2D eigenvalue weighted by molar-refractivity contribution is 5.80. The second kappa shape index (κ2) is 5.15. The van der Waals surface area contributed by atoms with Crippen molar-refractivity contribution >= 4 is 5.91 Å². The lowest BCUT2D eigenvalue weighted by Gasteiger charge is -2.25. The van der Waals surface area contributed by atoms with Gasteiger partial charge < -0.3 is 15.0 Å². The van der Waals surface area contributed by atoms with Gasteiger partial charge in [-0.05, 0) is 26.2 Å². The average Bonchev–Trinajstić information content (AvgIpc) is 2.90. The van der Waals surface area contributed by atoms with Crippen LogP contribution in [0.5, 0.6) is 0 Å². The van der Waals surface area contributed by atoms with Gasteiger partial charge in [-0.15, -0.1) is 0 Å². The van der Waals surface area contributed by atoms with Crippen LogP contribution < -0.4 is 5.32 Å². The van der Waals surface area contributed by atoms with E-state index < -0.39 is 0 Å². The second-order valence-corrected chi connectivity index (χ2v) is 4.85. The maximum Gasteiger partial charge on any atom is 0.227 e. The number of likely N-dealkylation sites (N-methyl/N-ethyl adjacent to an activating group) is 1. The SMILES string of the molecule is CCOCCN(C)C(=O)C1CC2CCC1N2. The van der Waals surface area contributed by atoms with E-state index in [1.807, 2.05) is 18.9 Å². The van der Waals surface area contributed by atoms with Gasteiger partial charge in [-0.2, -0.15) is 0 Å². The summed E-state index contributed by atoms with van der Waals surface area (Å²) in [5.41, 5.74) is 0. The molecule has 0 aliphatic carbocycles. The molecule has 92 valence electrons. The van der Waals surface area contributed by atoms with Gasteiger partial charge in [0.1, 0.15) is 0 Å². The van der Waals surface area contributed by atoms with E-state index >= 15 is 0 Å². The zero-order valence-electron chi connectivity index (χ0n) is 10.2. The number of ether oxygens (including phenoxy) is 1. The highest BCUT2D eigenvalue weighted by Crippen LogP contribution is 2.34. The van der Waals surface area contributed by atoms with E-state index in [9.17, 15) is 4.79 Å². The Morgan fingerprint density at radius 1 is 1.50 bits per heavy atom. The first-order chi connectivity index (χ1) is 7.72. The number of fused-ring (bicyclic) bond motifs is 2. The summed E-state index contributed by atoms with van der Waals surface area (Å²) in [6, 6.07) is 1.03. The maximum atomic E-state index is 12.2. The highest BCUT2D eigenvalue weighted by Gasteiger charge is 2.43. The fourth-order valence-electron chi connectivity index (χ4n) is 2.84. The molecule has 2 heterocycles. The van der Waals surface area contributed by atoms with Crippen molar-refractivity contribution in [2.45, 2.75) is 38.3 Å². The lowest BCUT2D eigenvalue weighted by Crippen LogP contribution is -2.40. The maximum absolute atomic E-state index is 12.2. The van der Waals surface area contributed by atoms with E-state index in [2.05, 4.69) is 5.32 Å². The Hall–Kier alpha value is -0.610. The van der Waals surface area contributed by atoms with Crippen LogP contribution in [-0.2, 0) is 9.53 Å². The van der Waals surface area contributed by atoms with E-state index in [-0.39, 0.29) is 5.92 Å². The van der Waals surface area contributed by atoms with Gasteiger partial charge in [-0.3, -0.25) is 4.79 Å². The molecule has 2 fully saturated rings. The van der Waals surface area contributed by atoms with Crippen molar-refractivity contribution < 1.29 is 9.53 Å². The zero-order chi connectivity index (χ0) is 11.5. The summed E-state index contributed by atoms with van der Waals surface area (Å²) in [6.45, 7) is 4.05. The lowest BCUT2D eigenvalue weighted by molar-refractivity contribution is -0.135. The zero-order valence-corrected chi connectivity index (χ0v) is 10.2. The molecule has 2 rings (SSSR count). The number of amides is 1. The summed E-state index contributed by atoms with van der Waals surface area (Å²) in [7, 11) is 1.88. The average molecular weight is 226 g/mol. The number of rotatable bonds is 5. The van der Waals surface area contributed by atoms with E-state index in [0.717, 1.165) is 13.0 Å². The third-order valence-corrected chi connectivity index (χ3v) is 3.77. The Bertz CT molecular complexity index is 257. The predicted molar refractivity (Wildman–Crippen MR) is 62.2 cm³/mol. The summed E-state index contributed by atoms with van der Waals surface area (Å²) in [6.07, 6.45) is 3.44. The van der Waals surface area contributed by atoms with Gasteiger partial charge in [0.25, 0.3) is 0 Å². The van der Waals surface area contributed by atoms with Crippen LogP contribution in [0.2, 0.25) is 0 Å². The van der Waals surface area contributed by atoms with Crippen LogP contribution in [0.4, 0.5) is 0 Å². The summed E-state index contributed by atoms with van der Waals surface area (Å²) < 4.78 is 5.27. The quantitative estimate of drug-likeness (QED) is 0.699. The summed E-state index contributed by atoms with van der Waals surface area (Å²) >= 11 is 0. The van der Waals surface area contributed by atoms with Crippen molar-refractivity contribution in [3.8, 4) is 0 Å². The van der Waals surface area contributed by atoms with E-state index in [1.165, 1.54) is 12.8 Å². The minimum Gasteiger partial charge on any atom is -0.380 e. The lowest BCUT2D eigenvalue weighted by atomic mass is 9.88. The number of hydrogen-bond acceptors (Lipinski definition) is 3. The molecule has 2 saturated heterocycles. The van der Waals surface area contributed by atoms with Gasteiger partial charge in [0.15, 0.2) is 0 Å². The van der Waals surface area contributed by atoms with Gasteiger partial charge in [-0.25, -0.2) is 0 Å².